The first-order valence-corrected chi connectivity index (χ1v) is 10.0. The molecule has 1 aliphatic heterocycles. The number of anilines is 2. The predicted octanol–water partition coefficient (Wildman–Crippen LogP) is 0.713. The van der Waals surface area contributed by atoms with Crippen LogP contribution in [0.4, 0.5) is 15.8 Å². The number of nitrogen functional groups attached to an aromatic ring is 1. The quantitative estimate of drug-likeness (QED) is 0.522. The average Bonchev–Trinajstić information content (AvgIpc) is 3.38. The highest BCUT2D eigenvalue weighted by molar-refractivity contribution is 5.99. The number of nitrogens with zero attached hydrogens (tertiary/aromatic N) is 2. The van der Waals surface area contributed by atoms with Gasteiger partial charge in [0.25, 0.3) is 5.56 Å². The summed E-state index contributed by atoms with van der Waals surface area (Å²) in [6.07, 6.45) is 1.05. The summed E-state index contributed by atoms with van der Waals surface area (Å²) < 4.78 is 22.4. The highest BCUT2D eigenvalue weighted by Gasteiger charge is 2.39. The predicted molar refractivity (Wildman–Crippen MR) is 111 cm³/mol. The van der Waals surface area contributed by atoms with Crippen LogP contribution in [-0.4, -0.2) is 51.7 Å². The molecule has 1 saturated carbocycles. The SMILES string of the molecule is COc1c(N2CCC(C(O)C(C)(C)O)C2)c(F)c(N)c2c(=O)[nH]c(=O)n(C3CC3)c12. The Hall–Kier alpha value is -2.59. The van der Waals surface area contributed by atoms with Gasteiger partial charge in [-0.3, -0.25) is 14.3 Å². The minimum Gasteiger partial charge on any atom is -0.492 e. The third-order valence-electron chi connectivity index (χ3n) is 6.12. The Morgan fingerprint density at radius 3 is 2.53 bits per heavy atom. The molecule has 5 N–H and O–H groups in total. The van der Waals surface area contributed by atoms with E-state index in [9.17, 15) is 19.8 Å². The standard InChI is InChI=1S/C20H27FN4O5/c1-20(2,29)17(26)9-6-7-24(8-9)15-12(21)13(22)11-14(16(15)30-3)25(10-4-5-10)19(28)23-18(11)27/h9-10,17,26,29H,4-8,22H2,1-3H3,(H,23,27,28). The lowest BCUT2D eigenvalue weighted by Crippen LogP contribution is -2.42. The number of methoxy groups -OCH3 is 1. The van der Waals surface area contributed by atoms with E-state index in [2.05, 4.69) is 4.98 Å². The number of aromatic amines is 1. The summed E-state index contributed by atoms with van der Waals surface area (Å²) in [4.78, 5) is 28.9. The molecule has 10 heteroatoms. The van der Waals surface area contributed by atoms with Crippen molar-refractivity contribution in [2.75, 3.05) is 30.8 Å². The minimum atomic E-state index is -1.30. The van der Waals surface area contributed by atoms with Gasteiger partial charge in [-0.1, -0.05) is 0 Å². The maximum absolute atomic E-state index is 15.4. The fourth-order valence-electron chi connectivity index (χ4n) is 4.45. The van der Waals surface area contributed by atoms with Gasteiger partial charge in [0, 0.05) is 25.0 Å². The second kappa shape index (κ2) is 6.98. The molecule has 0 radical (unpaired) electrons. The number of ether oxygens (including phenoxy) is 1. The zero-order valence-electron chi connectivity index (χ0n) is 17.2. The second-order valence-electron chi connectivity index (χ2n) is 8.79. The maximum atomic E-state index is 15.4. The number of aromatic nitrogens is 2. The highest BCUT2D eigenvalue weighted by atomic mass is 19.1. The van der Waals surface area contributed by atoms with E-state index in [1.165, 1.54) is 25.5 Å². The van der Waals surface area contributed by atoms with Crippen molar-refractivity contribution in [3.8, 4) is 5.75 Å². The van der Waals surface area contributed by atoms with Crippen molar-refractivity contribution in [3.63, 3.8) is 0 Å². The first kappa shape index (κ1) is 20.7. The van der Waals surface area contributed by atoms with Gasteiger partial charge in [0.05, 0.1) is 29.9 Å². The van der Waals surface area contributed by atoms with Gasteiger partial charge in [0.2, 0.25) is 0 Å². The molecule has 9 nitrogen and oxygen atoms in total. The normalized spacial score (nSPS) is 20.7. The van der Waals surface area contributed by atoms with E-state index in [4.69, 9.17) is 10.5 Å². The summed E-state index contributed by atoms with van der Waals surface area (Å²) in [5.41, 5.74) is 3.30. The van der Waals surface area contributed by atoms with Gasteiger partial charge in [-0.25, -0.2) is 9.18 Å². The van der Waals surface area contributed by atoms with Crippen LogP contribution in [0.1, 0.15) is 39.2 Å². The molecule has 2 aliphatic rings. The fourth-order valence-corrected chi connectivity index (χ4v) is 4.45. The molecule has 4 rings (SSSR count). The van der Waals surface area contributed by atoms with Crippen LogP contribution >= 0.6 is 0 Å². The number of rotatable bonds is 5. The van der Waals surface area contributed by atoms with Crippen LogP contribution in [-0.2, 0) is 0 Å². The van der Waals surface area contributed by atoms with E-state index in [-0.39, 0.29) is 46.5 Å². The molecule has 2 atom stereocenters. The van der Waals surface area contributed by atoms with E-state index in [1.54, 1.807) is 4.90 Å². The van der Waals surface area contributed by atoms with Crippen LogP contribution in [0.3, 0.4) is 0 Å². The lowest BCUT2D eigenvalue weighted by molar-refractivity contribution is -0.0723. The molecule has 1 saturated heterocycles. The molecule has 2 unspecified atom stereocenters. The van der Waals surface area contributed by atoms with Crippen molar-refractivity contribution in [1.29, 1.82) is 0 Å². The molecule has 1 aliphatic carbocycles. The van der Waals surface area contributed by atoms with Gasteiger partial charge in [-0.15, -0.1) is 0 Å². The summed E-state index contributed by atoms with van der Waals surface area (Å²) in [6.45, 7) is 3.71. The Morgan fingerprint density at radius 1 is 1.30 bits per heavy atom. The van der Waals surface area contributed by atoms with Gasteiger partial charge in [0.15, 0.2) is 11.6 Å². The van der Waals surface area contributed by atoms with Gasteiger partial charge in [-0.2, -0.15) is 0 Å². The van der Waals surface area contributed by atoms with Crippen molar-refractivity contribution >= 4 is 22.3 Å². The van der Waals surface area contributed by atoms with E-state index >= 15 is 4.39 Å². The maximum Gasteiger partial charge on any atom is 0.329 e. The second-order valence-corrected chi connectivity index (χ2v) is 8.79. The number of aliphatic hydroxyl groups excluding tert-OH is 1. The number of benzene rings is 1. The minimum absolute atomic E-state index is 0.0624. The summed E-state index contributed by atoms with van der Waals surface area (Å²) in [5, 5.41) is 20.5. The van der Waals surface area contributed by atoms with Gasteiger partial charge < -0.3 is 25.6 Å². The Morgan fingerprint density at radius 2 is 1.97 bits per heavy atom. The Bertz CT molecular complexity index is 1120. The third-order valence-corrected chi connectivity index (χ3v) is 6.12. The van der Waals surface area contributed by atoms with Gasteiger partial charge >= 0.3 is 5.69 Å². The van der Waals surface area contributed by atoms with Crippen molar-refractivity contribution in [1.82, 2.24) is 9.55 Å². The van der Waals surface area contributed by atoms with Crippen molar-refractivity contribution in [2.45, 2.75) is 50.9 Å². The number of nitrogens with one attached hydrogen (secondary N) is 1. The summed E-state index contributed by atoms with van der Waals surface area (Å²) in [7, 11) is 1.36. The Kier molecular flexibility index (Phi) is 4.81. The van der Waals surface area contributed by atoms with Crippen molar-refractivity contribution in [3.05, 3.63) is 26.7 Å². The van der Waals surface area contributed by atoms with Crippen LogP contribution in [0, 0.1) is 11.7 Å². The Labute approximate surface area is 171 Å². The number of halogens is 1. The first-order chi connectivity index (χ1) is 14.1. The number of hydrogen-bond acceptors (Lipinski definition) is 7. The van der Waals surface area contributed by atoms with Gasteiger partial charge in [0.1, 0.15) is 11.2 Å². The van der Waals surface area contributed by atoms with Crippen LogP contribution < -0.4 is 26.6 Å². The smallest absolute Gasteiger partial charge is 0.329 e. The van der Waals surface area contributed by atoms with E-state index in [0.29, 0.717) is 13.0 Å². The number of hydrogen-bond donors (Lipinski definition) is 4. The van der Waals surface area contributed by atoms with Crippen LogP contribution in [0.15, 0.2) is 9.59 Å². The number of H-pyrrole nitrogens is 1. The lowest BCUT2D eigenvalue weighted by Gasteiger charge is -2.30. The van der Waals surface area contributed by atoms with E-state index in [0.717, 1.165) is 12.8 Å². The van der Waals surface area contributed by atoms with Crippen molar-refractivity contribution < 1.29 is 19.3 Å². The number of fused-ring (bicyclic) bond motifs is 1. The molecule has 2 fully saturated rings. The molecule has 164 valence electrons. The molecule has 2 aromatic rings. The third kappa shape index (κ3) is 3.14. The lowest BCUT2D eigenvalue weighted by atomic mass is 9.89. The number of nitrogens with two attached hydrogens (primary N) is 1. The topological polar surface area (TPSA) is 134 Å². The van der Waals surface area contributed by atoms with Crippen LogP contribution in [0.2, 0.25) is 0 Å². The molecule has 1 aromatic carbocycles. The molecular weight excluding hydrogens is 395 g/mol. The summed E-state index contributed by atoms with van der Waals surface area (Å²) in [5.74, 6) is -1.02. The average molecular weight is 422 g/mol. The largest absolute Gasteiger partial charge is 0.492 e. The molecule has 30 heavy (non-hydrogen) atoms. The molecular formula is C20H27FN4O5. The molecule has 2 heterocycles. The van der Waals surface area contributed by atoms with E-state index < -0.39 is 28.8 Å². The van der Waals surface area contributed by atoms with E-state index in [1.807, 2.05) is 0 Å². The highest BCUT2D eigenvalue weighted by Crippen LogP contribution is 2.46. The summed E-state index contributed by atoms with van der Waals surface area (Å²) in [6, 6.07) is -0.105. The van der Waals surface area contributed by atoms with Crippen LogP contribution in [0.25, 0.3) is 10.9 Å². The Balaban J connectivity index is 1.92. The first-order valence-electron chi connectivity index (χ1n) is 10.0. The zero-order chi connectivity index (χ0) is 22.0. The molecule has 0 spiro atoms. The van der Waals surface area contributed by atoms with Gasteiger partial charge in [-0.05, 0) is 33.1 Å². The summed E-state index contributed by atoms with van der Waals surface area (Å²) >= 11 is 0. The number of aliphatic hydroxyl groups is 2. The molecule has 1 aromatic heterocycles. The van der Waals surface area contributed by atoms with Crippen molar-refractivity contribution in [2.24, 2.45) is 5.92 Å². The fraction of sp³-hybridized carbons (Fsp3) is 0.600. The monoisotopic (exact) mass is 422 g/mol. The molecule has 0 bridgehead atoms. The van der Waals surface area contributed by atoms with Crippen LogP contribution in [0.5, 0.6) is 5.75 Å². The zero-order valence-corrected chi connectivity index (χ0v) is 17.2. The molecule has 0 amide bonds.